The molecule has 2 aromatic rings. The van der Waals surface area contributed by atoms with Gasteiger partial charge in [-0.15, -0.1) is 0 Å². The third-order valence-corrected chi connectivity index (χ3v) is 3.87. The Morgan fingerprint density at radius 3 is 2.31 bits per heavy atom. The molecule has 0 spiro atoms. The summed E-state index contributed by atoms with van der Waals surface area (Å²) in [6, 6.07) is 12.1. The van der Waals surface area contributed by atoms with Crippen molar-refractivity contribution in [1.82, 2.24) is 0 Å². The maximum Gasteiger partial charge on any atom is 0.243 e. The average molecular weight is 376 g/mol. The Labute approximate surface area is 157 Å². The molecule has 0 unspecified atom stereocenters. The fourth-order valence-electron chi connectivity index (χ4n) is 2.24. The van der Waals surface area contributed by atoms with E-state index in [0.29, 0.717) is 28.5 Å². The first-order valence-electron chi connectivity index (χ1n) is 8.29. The van der Waals surface area contributed by atoms with Gasteiger partial charge < -0.3 is 20.7 Å². The van der Waals surface area contributed by atoms with Crippen molar-refractivity contribution in [3.63, 3.8) is 0 Å². The van der Waals surface area contributed by atoms with Gasteiger partial charge in [0.1, 0.15) is 5.75 Å². The van der Waals surface area contributed by atoms with Gasteiger partial charge in [0.15, 0.2) is 0 Å². The van der Waals surface area contributed by atoms with Crippen LogP contribution < -0.4 is 20.7 Å². The minimum Gasteiger partial charge on any atom is -0.497 e. The molecule has 0 radical (unpaired) electrons. The summed E-state index contributed by atoms with van der Waals surface area (Å²) in [5, 5.41) is 9.02. The van der Waals surface area contributed by atoms with Crippen LogP contribution in [0.25, 0.3) is 0 Å². The lowest BCUT2D eigenvalue weighted by atomic mass is 10.2. The zero-order valence-electron chi connectivity index (χ0n) is 14.8. The predicted molar refractivity (Wildman–Crippen MR) is 105 cm³/mol. The van der Waals surface area contributed by atoms with Gasteiger partial charge in [0.25, 0.3) is 0 Å². The SMILES string of the molecule is CCCC(=O)Nc1ccc(Cl)c(NCC(=O)Nc2ccc(OC)cc2)c1. The summed E-state index contributed by atoms with van der Waals surface area (Å²) >= 11 is 6.15. The number of anilines is 3. The van der Waals surface area contributed by atoms with Gasteiger partial charge in [-0.1, -0.05) is 18.5 Å². The quantitative estimate of drug-likeness (QED) is 0.648. The minimum absolute atomic E-state index is 0.0398. The van der Waals surface area contributed by atoms with E-state index in [-0.39, 0.29) is 18.4 Å². The topological polar surface area (TPSA) is 79.5 Å². The number of carbonyl (C=O) groups excluding carboxylic acids is 2. The highest BCUT2D eigenvalue weighted by Crippen LogP contribution is 2.25. The Bertz CT molecular complexity index is 763. The van der Waals surface area contributed by atoms with Gasteiger partial charge in [0.05, 0.1) is 24.4 Å². The van der Waals surface area contributed by atoms with Crippen LogP contribution in [0.3, 0.4) is 0 Å². The van der Waals surface area contributed by atoms with Crippen LogP contribution in [0, 0.1) is 0 Å². The fraction of sp³-hybridized carbons (Fsp3) is 0.263. The number of rotatable bonds is 8. The number of hydrogen-bond donors (Lipinski definition) is 3. The van der Waals surface area contributed by atoms with E-state index in [2.05, 4.69) is 16.0 Å². The van der Waals surface area contributed by atoms with Gasteiger partial charge in [-0.2, -0.15) is 0 Å². The van der Waals surface area contributed by atoms with E-state index in [4.69, 9.17) is 16.3 Å². The number of halogens is 1. The zero-order valence-corrected chi connectivity index (χ0v) is 15.5. The first-order valence-corrected chi connectivity index (χ1v) is 8.66. The molecule has 2 rings (SSSR count). The third-order valence-electron chi connectivity index (χ3n) is 3.54. The van der Waals surface area contributed by atoms with Crippen LogP contribution in [-0.4, -0.2) is 25.5 Å². The van der Waals surface area contributed by atoms with Gasteiger partial charge in [-0.3, -0.25) is 9.59 Å². The molecule has 0 saturated carbocycles. The molecular formula is C19H22ClN3O3. The highest BCUT2D eigenvalue weighted by molar-refractivity contribution is 6.33. The number of methoxy groups -OCH3 is 1. The van der Waals surface area contributed by atoms with Crippen LogP contribution in [0.5, 0.6) is 5.75 Å². The molecule has 2 aromatic carbocycles. The largest absolute Gasteiger partial charge is 0.497 e. The van der Waals surface area contributed by atoms with Crippen LogP contribution in [-0.2, 0) is 9.59 Å². The van der Waals surface area contributed by atoms with Crippen LogP contribution in [0.2, 0.25) is 5.02 Å². The number of amides is 2. The Balaban J connectivity index is 1.92. The number of benzene rings is 2. The monoisotopic (exact) mass is 375 g/mol. The molecule has 0 atom stereocenters. The molecule has 6 nitrogen and oxygen atoms in total. The summed E-state index contributed by atoms with van der Waals surface area (Å²) in [4.78, 5) is 23.8. The summed E-state index contributed by atoms with van der Waals surface area (Å²) in [5.41, 5.74) is 1.88. The summed E-state index contributed by atoms with van der Waals surface area (Å²) < 4.78 is 5.08. The van der Waals surface area contributed by atoms with Crippen molar-refractivity contribution in [3.05, 3.63) is 47.5 Å². The van der Waals surface area contributed by atoms with Crippen LogP contribution in [0.15, 0.2) is 42.5 Å². The van der Waals surface area contributed by atoms with Gasteiger partial charge in [0.2, 0.25) is 11.8 Å². The molecule has 3 N–H and O–H groups in total. The first kappa shape index (κ1) is 19.6. The van der Waals surface area contributed by atoms with E-state index >= 15 is 0 Å². The summed E-state index contributed by atoms with van der Waals surface area (Å²) in [7, 11) is 1.58. The van der Waals surface area contributed by atoms with E-state index in [0.717, 1.165) is 12.2 Å². The predicted octanol–water partition coefficient (Wildman–Crippen LogP) is 4.14. The molecule has 0 aliphatic rings. The van der Waals surface area contributed by atoms with Crippen LogP contribution in [0.4, 0.5) is 17.1 Å². The maximum atomic E-state index is 12.1. The molecule has 0 aromatic heterocycles. The average Bonchev–Trinajstić information content (AvgIpc) is 2.63. The molecule has 138 valence electrons. The van der Waals surface area contributed by atoms with Crippen LogP contribution in [0.1, 0.15) is 19.8 Å². The molecule has 0 aliphatic heterocycles. The summed E-state index contributed by atoms with van der Waals surface area (Å²) in [6.07, 6.45) is 1.23. The molecule has 2 amide bonds. The standard InChI is InChI=1S/C19H22ClN3O3/c1-3-4-18(24)23-14-7-10-16(20)17(11-14)21-12-19(25)22-13-5-8-15(26-2)9-6-13/h5-11,21H,3-4,12H2,1-2H3,(H,22,25)(H,23,24). The molecule has 26 heavy (non-hydrogen) atoms. The molecule has 0 fully saturated rings. The zero-order chi connectivity index (χ0) is 18.9. The molecule has 7 heteroatoms. The molecular weight excluding hydrogens is 354 g/mol. The van der Waals surface area contributed by atoms with E-state index in [1.807, 2.05) is 6.92 Å². The van der Waals surface area contributed by atoms with Crippen molar-refractivity contribution in [2.75, 3.05) is 29.6 Å². The van der Waals surface area contributed by atoms with E-state index < -0.39 is 0 Å². The smallest absolute Gasteiger partial charge is 0.243 e. The fourth-order valence-corrected chi connectivity index (χ4v) is 2.43. The highest BCUT2D eigenvalue weighted by Gasteiger charge is 2.08. The Morgan fingerprint density at radius 1 is 1.00 bits per heavy atom. The maximum absolute atomic E-state index is 12.1. The number of nitrogens with one attached hydrogen (secondary N) is 3. The van der Waals surface area contributed by atoms with E-state index in [9.17, 15) is 9.59 Å². The van der Waals surface area contributed by atoms with Crippen molar-refractivity contribution in [2.45, 2.75) is 19.8 Å². The number of carbonyl (C=O) groups is 2. The van der Waals surface area contributed by atoms with Crippen LogP contribution >= 0.6 is 11.6 Å². The summed E-state index contributed by atoms with van der Waals surface area (Å²) in [6.45, 7) is 1.98. The van der Waals surface area contributed by atoms with Crippen molar-refractivity contribution in [2.24, 2.45) is 0 Å². The second-order valence-electron chi connectivity index (χ2n) is 5.62. The lowest BCUT2D eigenvalue weighted by Gasteiger charge is -2.12. The molecule has 0 saturated heterocycles. The van der Waals surface area contributed by atoms with Crippen molar-refractivity contribution >= 4 is 40.5 Å². The van der Waals surface area contributed by atoms with E-state index in [1.165, 1.54) is 0 Å². The second kappa shape index (κ2) is 9.68. The van der Waals surface area contributed by atoms with E-state index in [1.54, 1.807) is 49.6 Å². The third kappa shape index (κ3) is 5.97. The van der Waals surface area contributed by atoms with Crippen molar-refractivity contribution < 1.29 is 14.3 Å². The Hall–Kier alpha value is -2.73. The second-order valence-corrected chi connectivity index (χ2v) is 6.03. The first-order chi connectivity index (χ1) is 12.5. The number of hydrogen-bond acceptors (Lipinski definition) is 4. The minimum atomic E-state index is -0.216. The Kier molecular flexibility index (Phi) is 7.29. The van der Waals surface area contributed by atoms with Gasteiger partial charge in [0, 0.05) is 17.8 Å². The van der Waals surface area contributed by atoms with Gasteiger partial charge >= 0.3 is 0 Å². The molecule has 0 aliphatic carbocycles. The van der Waals surface area contributed by atoms with Crippen molar-refractivity contribution in [3.8, 4) is 5.75 Å². The Morgan fingerprint density at radius 2 is 1.65 bits per heavy atom. The molecule has 0 heterocycles. The van der Waals surface area contributed by atoms with Gasteiger partial charge in [-0.05, 0) is 48.9 Å². The van der Waals surface area contributed by atoms with Gasteiger partial charge in [-0.25, -0.2) is 0 Å². The summed E-state index contributed by atoms with van der Waals surface area (Å²) in [5.74, 6) is 0.444. The highest BCUT2D eigenvalue weighted by atomic mass is 35.5. The lowest BCUT2D eigenvalue weighted by Crippen LogP contribution is -2.22. The normalized spacial score (nSPS) is 10.1. The number of ether oxygens (including phenoxy) is 1. The lowest BCUT2D eigenvalue weighted by molar-refractivity contribution is -0.116. The van der Waals surface area contributed by atoms with Crippen molar-refractivity contribution in [1.29, 1.82) is 0 Å². The molecule has 0 bridgehead atoms.